The molecule has 0 N–H and O–H groups in total. The highest BCUT2D eigenvalue weighted by Crippen LogP contribution is 2.08. The van der Waals surface area contributed by atoms with Gasteiger partial charge in [0.15, 0.2) is 5.75 Å². The highest BCUT2D eigenvalue weighted by Gasteiger charge is 1.96. The summed E-state index contributed by atoms with van der Waals surface area (Å²) in [5.74, 6) is 3.07. The second-order valence-corrected chi connectivity index (χ2v) is 3.97. The summed E-state index contributed by atoms with van der Waals surface area (Å²) in [4.78, 5) is 0. The first kappa shape index (κ1) is 10.4. The number of thioether (sulfide) groups is 1. The fourth-order valence-electron chi connectivity index (χ4n) is 0.955. The summed E-state index contributed by atoms with van der Waals surface area (Å²) in [5, 5.41) is 4.12. The molecule has 1 rings (SSSR count). The van der Waals surface area contributed by atoms with Gasteiger partial charge >= 0.3 is 0 Å². The summed E-state index contributed by atoms with van der Waals surface area (Å²) in [6, 6.07) is 0. The van der Waals surface area contributed by atoms with Gasteiger partial charge in [0.05, 0.1) is 19.0 Å². The van der Waals surface area contributed by atoms with Crippen molar-refractivity contribution in [2.45, 2.75) is 20.4 Å². The van der Waals surface area contributed by atoms with E-state index in [1.54, 1.807) is 6.20 Å². The van der Waals surface area contributed by atoms with Crippen LogP contribution in [0.3, 0.4) is 0 Å². The van der Waals surface area contributed by atoms with Crippen molar-refractivity contribution < 1.29 is 4.74 Å². The van der Waals surface area contributed by atoms with Gasteiger partial charge in [-0.25, -0.2) is 0 Å². The van der Waals surface area contributed by atoms with Crippen LogP contribution in [-0.4, -0.2) is 27.9 Å². The number of rotatable bonds is 6. The van der Waals surface area contributed by atoms with E-state index in [0.29, 0.717) is 0 Å². The van der Waals surface area contributed by atoms with E-state index in [1.807, 2.05) is 22.6 Å². The van der Waals surface area contributed by atoms with Crippen LogP contribution in [0.1, 0.15) is 13.8 Å². The lowest BCUT2D eigenvalue weighted by Gasteiger charge is -2.01. The van der Waals surface area contributed by atoms with Gasteiger partial charge in [0.2, 0.25) is 0 Å². The lowest BCUT2D eigenvalue weighted by molar-refractivity contribution is 0.343. The predicted molar refractivity (Wildman–Crippen MR) is 56.4 cm³/mol. The van der Waals surface area contributed by atoms with Crippen LogP contribution in [0.25, 0.3) is 0 Å². The molecule has 0 aliphatic carbocycles. The van der Waals surface area contributed by atoms with Crippen LogP contribution in [0.5, 0.6) is 5.75 Å². The van der Waals surface area contributed by atoms with Gasteiger partial charge in [-0.15, -0.1) is 0 Å². The van der Waals surface area contributed by atoms with E-state index < -0.39 is 0 Å². The second-order valence-electron chi connectivity index (χ2n) is 2.58. The molecule has 1 heterocycles. The maximum atomic E-state index is 5.49. The largest absolute Gasteiger partial charge is 0.489 e. The van der Waals surface area contributed by atoms with E-state index in [-0.39, 0.29) is 0 Å². The minimum Gasteiger partial charge on any atom is -0.489 e. The minimum absolute atomic E-state index is 0.772. The van der Waals surface area contributed by atoms with Crippen molar-refractivity contribution in [3.63, 3.8) is 0 Å². The van der Waals surface area contributed by atoms with Gasteiger partial charge < -0.3 is 4.74 Å². The summed E-state index contributed by atoms with van der Waals surface area (Å²) in [5.41, 5.74) is 0. The van der Waals surface area contributed by atoms with Crippen molar-refractivity contribution >= 4 is 11.8 Å². The summed E-state index contributed by atoms with van der Waals surface area (Å²) in [6.07, 6.45) is 3.69. The summed E-state index contributed by atoms with van der Waals surface area (Å²) < 4.78 is 7.35. The fourth-order valence-corrected chi connectivity index (χ4v) is 1.44. The highest BCUT2D eigenvalue weighted by molar-refractivity contribution is 7.99. The van der Waals surface area contributed by atoms with Crippen LogP contribution in [0.2, 0.25) is 0 Å². The fraction of sp³-hybridized carbons (Fsp3) is 0.667. The molecule has 1 aromatic heterocycles. The Kier molecular flexibility index (Phi) is 4.75. The smallest absolute Gasteiger partial charge is 0.157 e. The van der Waals surface area contributed by atoms with Crippen LogP contribution in [-0.2, 0) is 6.54 Å². The van der Waals surface area contributed by atoms with Gasteiger partial charge in [0.1, 0.15) is 0 Å². The Labute approximate surface area is 83.5 Å². The third-order valence-electron chi connectivity index (χ3n) is 1.63. The quantitative estimate of drug-likeness (QED) is 0.657. The Morgan fingerprint density at radius 2 is 2.38 bits per heavy atom. The zero-order valence-electron chi connectivity index (χ0n) is 8.19. The van der Waals surface area contributed by atoms with Crippen molar-refractivity contribution in [3.05, 3.63) is 12.4 Å². The third-order valence-corrected chi connectivity index (χ3v) is 2.50. The molecule has 3 nitrogen and oxygen atoms in total. The Balaban J connectivity index is 2.20. The molecule has 0 aromatic carbocycles. The number of nitrogens with zero attached hydrogens (tertiary/aromatic N) is 2. The first-order valence-electron chi connectivity index (χ1n) is 4.59. The maximum Gasteiger partial charge on any atom is 0.157 e. The van der Waals surface area contributed by atoms with Crippen LogP contribution in [0, 0.1) is 0 Å². The van der Waals surface area contributed by atoms with Crippen LogP contribution >= 0.6 is 11.8 Å². The summed E-state index contributed by atoms with van der Waals surface area (Å²) in [7, 11) is 0. The third kappa shape index (κ3) is 3.72. The van der Waals surface area contributed by atoms with Gasteiger partial charge in [0.25, 0.3) is 0 Å². The Hall–Kier alpha value is -0.640. The summed E-state index contributed by atoms with van der Waals surface area (Å²) in [6.45, 7) is 5.88. The van der Waals surface area contributed by atoms with E-state index in [1.165, 1.54) is 0 Å². The van der Waals surface area contributed by atoms with E-state index in [0.717, 1.165) is 30.4 Å². The average Bonchev–Trinajstić information content (AvgIpc) is 2.60. The number of ether oxygens (including phenoxy) is 1. The van der Waals surface area contributed by atoms with Crippen LogP contribution in [0.15, 0.2) is 12.4 Å². The van der Waals surface area contributed by atoms with Crippen LogP contribution < -0.4 is 4.74 Å². The molecule has 13 heavy (non-hydrogen) atoms. The van der Waals surface area contributed by atoms with E-state index in [9.17, 15) is 0 Å². The number of aromatic nitrogens is 2. The van der Waals surface area contributed by atoms with Gasteiger partial charge in [0, 0.05) is 12.3 Å². The van der Waals surface area contributed by atoms with Crippen LogP contribution in [0.4, 0.5) is 0 Å². The highest BCUT2D eigenvalue weighted by atomic mass is 32.2. The summed E-state index contributed by atoms with van der Waals surface area (Å²) >= 11 is 1.89. The first-order valence-corrected chi connectivity index (χ1v) is 5.75. The molecule has 0 aliphatic rings. The zero-order valence-corrected chi connectivity index (χ0v) is 9.01. The van der Waals surface area contributed by atoms with Crippen molar-refractivity contribution in [2.24, 2.45) is 0 Å². The molecule has 0 amide bonds. The van der Waals surface area contributed by atoms with Crippen molar-refractivity contribution in [2.75, 3.05) is 18.1 Å². The SMILES string of the molecule is CCSCCOc1cnn(CC)c1. The minimum atomic E-state index is 0.772. The Morgan fingerprint density at radius 1 is 1.54 bits per heavy atom. The molecule has 0 aliphatic heterocycles. The molecule has 0 atom stereocenters. The molecule has 0 fully saturated rings. The topological polar surface area (TPSA) is 27.1 Å². The van der Waals surface area contributed by atoms with Crippen molar-refractivity contribution in [3.8, 4) is 5.75 Å². The molecule has 0 saturated carbocycles. The molecule has 1 aromatic rings. The van der Waals surface area contributed by atoms with Gasteiger partial charge in [-0.1, -0.05) is 6.92 Å². The number of hydrogen-bond donors (Lipinski definition) is 0. The molecule has 74 valence electrons. The Bertz CT molecular complexity index is 237. The monoisotopic (exact) mass is 200 g/mol. The lowest BCUT2D eigenvalue weighted by atomic mass is 10.6. The molecule has 0 radical (unpaired) electrons. The molecular formula is C9H16N2OS. The van der Waals surface area contributed by atoms with Gasteiger partial charge in [-0.3, -0.25) is 4.68 Å². The molecule has 0 bridgehead atoms. The lowest BCUT2D eigenvalue weighted by Crippen LogP contribution is -1.99. The number of hydrogen-bond acceptors (Lipinski definition) is 3. The van der Waals surface area contributed by atoms with E-state index in [2.05, 4.69) is 18.9 Å². The second kappa shape index (κ2) is 5.91. The standard InChI is InChI=1S/C9H16N2OS/c1-3-11-8-9(7-10-11)12-5-6-13-4-2/h7-8H,3-6H2,1-2H3. The molecule has 0 unspecified atom stereocenters. The van der Waals surface area contributed by atoms with Gasteiger partial charge in [-0.05, 0) is 12.7 Å². The molecular weight excluding hydrogens is 184 g/mol. The van der Waals surface area contributed by atoms with Crippen molar-refractivity contribution in [1.29, 1.82) is 0 Å². The maximum absolute atomic E-state index is 5.49. The van der Waals surface area contributed by atoms with Crippen molar-refractivity contribution in [1.82, 2.24) is 9.78 Å². The van der Waals surface area contributed by atoms with E-state index in [4.69, 9.17) is 4.74 Å². The zero-order chi connectivity index (χ0) is 9.52. The Morgan fingerprint density at radius 3 is 3.00 bits per heavy atom. The molecule has 0 saturated heterocycles. The predicted octanol–water partition coefficient (Wildman–Crippen LogP) is 2.03. The number of aryl methyl sites for hydroxylation is 1. The normalized spacial score (nSPS) is 10.3. The van der Waals surface area contributed by atoms with E-state index >= 15 is 0 Å². The average molecular weight is 200 g/mol. The first-order chi connectivity index (χ1) is 6.36. The molecule has 0 spiro atoms. The molecule has 4 heteroatoms. The van der Waals surface area contributed by atoms with Gasteiger partial charge in [-0.2, -0.15) is 16.9 Å².